The highest BCUT2D eigenvalue weighted by molar-refractivity contribution is 5.69. The molecule has 0 saturated carbocycles. The lowest BCUT2D eigenvalue weighted by Gasteiger charge is -2.12. The highest BCUT2D eigenvalue weighted by Crippen LogP contribution is 2.16. The molecule has 0 spiro atoms. The van der Waals surface area contributed by atoms with Crippen LogP contribution in [0.2, 0.25) is 0 Å². The first-order valence-electron chi connectivity index (χ1n) is 16.3. The van der Waals surface area contributed by atoms with Gasteiger partial charge in [0.2, 0.25) is 0 Å². The number of hydrogen-bond donors (Lipinski definition) is 1. The van der Waals surface area contributed by atoms with Crippen LogP contribution in [0, 0.1) is 11.8 Å². The van der Waals surface area contributed by atoms with Crippen LogP contribution >= 0.6 is 0 Å². The van der Waals surface area contributed by atoms with Crippen molar-refractivity contribution in [1.82, 2.24) is 0 Å². The molecule has 0 aliphatic rings. The minimum Gasteiger partial charge on any atom is -0.463 e. The third kappa shape index (κ3) is 27.9. The summed E-state index contributed by atoms with van der Waals surface area (Å²) < 4.78 is 10.3. The maximum Gasteiger partial charge on any atom is 0.305 e. The number of carbonyl (C=O) groups is 2. The Morgan fingerprint density at radius 1 is 0.553 bits per heavy atom. The Morgan fingerprint density at radius 3 is 1.26 bits per heavy atom. The van der Waals surface area contributed by atoms with Gasteiger partial charge in [-0.05, 0) is 24.7 Å². The van der Waals surface area contributed by atoms with Crippen molar-refractivity contribution in [2.75, 3.05) is 13.2 Å². The lowest BCUT2D eigenvalue weighted by molar-refractivity contribution is -0.152. The molecule has 0 amide bonds. The van der Waals surface area contributed by atoms with Gasteiger partial charge in [-0.15, -0.1) is 0 Å². The summed E-state index contributed by atoms with van der Waals surface area (Å²) in [6.07, 6.45) is 24.4. The Bertz CT molecular complexity index is 533. The molecule has 0 aromatic heterocycles. The molecule has 0 rings (SSSR count). The number of unbranched alkanes of at least 4 members (excludes halogenated alkanes) is 15. The van der Waals surface area contributed by atoms with E-state index in [1.165, 1.54) is 89.9 Å². The van der Waals surface area contributed by atoms with Crippen LogP contribution in [0.1, 0.15) is 169 Å². The Morgan fingerprint density at radius 2 is 0.895 bits per heavy atom. The van der Waals surface area contributed by atoms with E-state index in [9.17, 15) is 14.7 Å². The molecule has 0 aromatic carbocycles. The van der Waals surface area contributed by atoms with Gasteiger partial charge < -0.3 is 14.6 Å². The van der Waals surface area contributed by atoms with Crippen LogP contribution in [-0.4, -0.2) is 36.4 Å². The molecule has 5 heteroatoms. The fraction of sp³-hybridized carbons (Fsp3) is 0.939. The van der Waals surface area contributed by atoms with Crippen molar-refractivity contribution in [3.8, 4) is 0 Å². The molecule has 1 unspecified atom stereocenters. The van der Waals surface area contributed by atoms with E-state index >= 15 is 0 Å². The van der Waals surface area contributed by atoms with E-state index in [-0.39, 0.29) is 25.2 Å². The Kier molecular flexibility index (Phi) is 26.7. The topological polar surface area (TPSA) is 72.8 Å². The molecule has 1 N–H and O–H groups in total. The molecule has 0 fully saturated rings. The number of carbonyl (C=O) groups excluding carboxylic acids is 2. The molecular formula is C33H64O5. The third-order valence-corrected chi connectivity index (χ3v) is 7.56. The van der Waals surface area contributed by atoms with Gasteiger partial charge in [-0.25, -0.2) is 0 Å². The Labute approximate surface area is 236 Å². The predicted molar refractivity (Wildman–Crippen MR) is 159 cm³/mol. The van der Waals surface area contributed by atoms with Crippen LogP contribution < -0.4 is 0 Å². The summed E-state index contributed by atoms with van der Waals surface area (Å²) in [4.78, 5) is 23.7. The average Bonchev–Trinajstić information content (AvgIpc) is 2.89. The van der Waals surface area contributed by atoms with Gasteiger partial charge in [0.05, 0.1) is 0 Å². The number of aliphatic hydroxyl groups is 1. The fourth-order valence-electron chi connectivity index (χ4n) is 4.66. The van der Waals surface area contributed by atoms with E-state index in [1.807, 2.05) is 0 Å². The van der Waals surface area contributed by atoms with E-state index in [0.717, 1.165) is 50.4 Å². The standard InChI is InChI=1S/C33H64O5/c1-5-30(4)24-20-16-12-8-6-7-9-13-17-21-25-32(35)37-27-31(34)28-38-33(36)26-22-18-14-10-11-15-19-23-29(2)3/h29-31,34H,5-28H2,1-4H3/t30?,31-/m0/s1. The zero-order chi connectivity index (χ0) is 28.3. The number of rotatable bonds is 28. The van der Waals surface area contributed by atoms with Crippen LogP contribution in [0.15, 0.2) is 0 Å². The van der Waals surface area contributed by atoms with E-state index in [2.05, 4.69) is 27.7 Å². The number of hydrogen-bond acceptors (Lipinski definition) is 5. The van der Waals surface area contributed by atoms with Gasteiger partial charge in [0.25, 0.3) is 0 Å². The highest BCUT2D eigenvalue weighted by Gasteiger charge is 2.12. The summed E-state index contributed by atoms with van der Waals surface area (Å²) in [6, 6.07) is 0. The molecule has 0 aromatic rings. The third-order valence-electron chi connectivity index (χ3n) is 7.56. The fourth-order valence-corrected chi connectivity index (χ4v) is 4.66. The van der Waals surface area contributed by atoms with Gasteiger partial charge in [-0.2, -0.15) is 0 Å². The second kappa shape index (κ2) is 27.5. The second-order valence-corrected chi connectivity index (χ2v) is 12.0. The monoisotopic (exact) mass is 540 g/mol. The lowest BCUT2D eigenvalue weighted by Crippen LogP contribution is -2.25. The van der Waals surface area contributed by atoms with Crippen molar-refractivity contribution in [3.63, 3.8) is 0 Å². The normalized spacial score (nSPS) is 13.0. The van der Waals surface area contributed by atoms with Crippen molar-refractivity contribution < 1.29 is 24.2 Å². The number of aliphatic hydroxyl groups excluding tert-OH is 1. The van der Waals surface area contributed by atoms with E-state index in [1.54, 1.807) is 0 Å². The highest BCUT2D eigenvalue weighted by atomic mass is 16.6. The van der Waals surface area contributed by atoms with Crippen molar-refractivity contribution in [1.29, 1.82) is 0 Å². The summed E-state index contributed by atoms with van der Waals surface area (Å²) in [5.41, 5.74) is 0. The first-order valence-corrected chi connectivity index (χ1v) is 16.3. The van der Waals surface area contributed by atoms with Crippen molar-refractivity contribution in [3.05, 3.63) is 0 Å². The molecular weight excluding hydrogens is 476 g/mol. The van der Waals surface area contributed by atoms with Crippen LogP contribution in [0.25, 0.3) is 0 Å². The molecule has 0 aliphatic carbocycles. The van der Waals surface area contributed by atoms with E-state index < -0.39 is 6.10 Å². The van der Waals surface area contributed by atoms with Crippen LogP contribution in [0.4, 0.5) is 0 Å². The van der Waals surface area contributed by atoms with Crippen LogP contribution in [0.3, 0.4) is 0 Å². The number of esters is 2. The van der Waals surface area contributed by atoms with Gasteiger partial charge in [-0.1, -0.05) is 143 Å². The minimum absolute atomic E-state index is 0.111. The molecule has 5 nitrogen and oxygen atoms in total. The number of ether oxygens (including phenoxy) is 2. The average molecular weight is 541 g/mol. The van der Waals surface area contributed by atoms with E-state index in [4.69, 9.17) is 9.47 Å². The Balaban J connectivity index is 3.43. The molecule has 0 radical (unpaired) electrons. The smallest absolute Gasteiger partial charge is 0.305 e. The molecule has 2 atom stereocenters. The molecule has 0 saturated heterocycles. The van der Waals surface area contributed by atoms with Gasteiger partial charge in [0.15, 0.2) is 0 Å². The zero-order valence-electron chi connectivity index (χ0n) is 25.8. The van der Waals surface area contributed by atoms with Gasteiger partial charge in [0, 0.05) is 12.8 Å². The summed E-state index contributed by atoms with van der Waals surface area (Å²) in [5.74, 6) is 1.11. The summed E-state index contributed by atoms with van der Waals surface area (Å²) >= 11 is 0. The van der Waals surface area contributed by atoms with Crippen molar-refractivity contribution in [2.24, 2.45) is 11.8 Å². The molecule has 0 bridgehead atoms. The minimum atomic E-state index is -0.955. The van der Waals surface area contributed by atoms with Gasteiger partial charge >= 0.3 is 11.9 Å². The SMILES string of the molecule is CCC(C)CCCCCCCCCCCCC(=O)OC[C@H](O)COC(=O)CCCCCCCCCC(C)C. The molecule has 226 valence electrons. The molecule has 0 aliphatic heterocycles. The molecule has 0 heterocycles. The summed E-state index contributed by atoms with van der Waals surface area (Å²) in [6.45, 7) is 8.94. The predicted octanol–water partition coefficient (Wildman–Crippen LogP) is 9.33. The first-order chi connectivity index (χ1) is 18.3. The molecule has 38 heavy (non-hydrogen) atoms. The Hall–Kier alpha value is -1.10. The first kappa shape index (κ1) is 36.9. The van der Waals surface area contributed by atoms with E-state index in [0.29, 0.717) is 12.8 Å². The van der Waals surface area contributed by atoms with Gasteiger partial charge in [-0.3, -0.25) is 9.59 Å². The second-order valence-electron chi connectivity index (χ2n) is 12.0. The van der Waals surface area contributed by atoms with Crippen molar-refractivity contribution in [2.45, 2.75) is 175 Å². The summed E-state index contributed by atoms with van der Waals surface area (Å²) in [5, 5.41) is 9.93. The largest absolute Gasteiger partial charge is 0.463 e. The summed E-state index contributed by atoms with van der Waals surface area (Å²) in [7, 11) is 0. The van der Waals surface area contributed by atoms with Crippen molar-refractivity contribution >= 4 is 11.9 Å². The maximum atomic E-state index is 11.9. The van der Waals surface area contributed by atoms with Gasteiger partial charge in [0.1, 0.15) is 19.3 Å². The van der Waals surface area contributed by atoms with Crippen LogP contribution in [0.5, 0.6) is 0 Å². The van der Waals surface area contributed by atoms with Crippen LogP contribution in [-0.2, 0) is 19.1 Å². The lowest BCUT2D eigenvalue weighted by atomic mass is 9.99. The maximum absolute atomic E-state index is 11.9. The quantitative estimate of drug-likeness (QED) is 0.0790. The zero-order valence-corrected chi connectivity index (χ0v) is 25.8.